The standard InChI is InChI=1S/C33H33Cl2N3O6/c1-2-41-30-22-14-21(6-5-20(22)13-26(37-30)31(39)40)42-18-32-7-10-33(11-8-32,12-9-32)43-17-23-28(38-44-29(23)19-3-4-19)27-24(34)15-36-16-25(27)35/h5-6,13-16,19H,2-4,7-12,17-18H2,1H3,(H,39,40). The molecule has 4 fully saturated rings. The van der Waals surface area contributed by atoms with E-state index < -0.39 is 5.97 Å². The Kier molecular flexibility index (Phi) is 7.67. The topological polar surface area (TPSA) is 117 Å². The van der Waals surface area contributed by atoms with Crippen LogP contribution in [0.1, 0.15) is 86.0 Å². The molecule has 0 aliphatic heterocycles. The summed E-state index contributed by atoms with van der Waals surface area (Å²) in [4.78, 5) is 19.8. The van der Waals surface area contributed by atoms with Crippen molar-refractivity contribution in [2.75, 3.05) is 13.2 Å². The van der Waals surface area contributed by atoms with E-state index in [-0.39, 0.29) is 16.7 Å². The highest BCUT2D eigenvalue weighted by atomic mass is 35.5. The number of fused-ring (bicyclic) bond motifs is 4. The summed E-state index contributed by atoms with van der Waals surface area (Å²) < 4.78 is 24.7. The highest BCUT2D eigenvalue weighted by Gasteiger charge is 2.50. The van der Waals surface area contributed by atoms with Gasteiger partial charge in [-0.15, -0.1) is 0 Å². The summed E-state index contributed by atoms with van der Waals surface area (Å²) >= 11 is 13.0. The molecule has 11 heteroatoms. The maximum absolute atomic E-state index is 11.5. The quantitative estimate of drug-likeness (QED) is 0.173. The fourth-order valence-corrected chi connectivity index (χ4v) is 7.27. The second-order valence-electron chi connectivity index (χ2n) is 12.3. The van der Waals surface area contributed by atoms with Crippen LogP contribution in [0.4, 0.5) is 0 Å². The number of aromatic carboxylic acids is 1. The summed E-state index contributed by atoms with van der Waals surface area (Å²) in [6, 6.07) is 7.19. The van der Waals surface area contributed by atoms with Crippen LogP contribution >= 0.6 is 23.2 Å². The summed E-state index contributed by atoms with van der Waals surface area (Å²) in [5.74, 6) is 1.18. The predicted molar refractivity (Wildman–Crippen MR) is 165 cm³/mol. The van der Waals surface area contributed by atoms with E-state index in [0.29, 0.717) is 52.9 Å². The molecule has 4 aliphatic rings. The minimum absolute atomic E-state index is 0.0439. The average Bonchev–Trinajstić information content (AvgIpc) is 3.80. The van der Waals surface area contributed by atoms with Gasteiger partial charge in [0.25, 0.3) is 0 Å². The first-order chi connectivity index (χ1) is 21.3. The largest absolute Gasteiger partial charge is 0.493 e. The van der Waals surface area contributed by atoms with Gasteiger partial charge in [0.1, 0.15) is 17.2 Å². The van der Waals surface area contributed by atoms with Crippen LogP contribution in [-0.2, 0) is 11.3 Å². The molecule has 44 heavy (non-hydrogen) atoms. The number of carboxylic acids is 1. The molecule has 1 aromatic carbocycles. The summed E-state index contributed by atoms with van der Waals surface area (Å²) in [6.07, 6.45) is 11.2. The van der Waals surface area contributed by atoms with Crippen molar-refractivity contribution in [2.45, 2.75) is 76.4 Å². The molecule has 0 radical (unpaired) electrons. The third-order valence-electron chi connectivity index (χ3n) is 9.53. The van der Waals surface area contributed by atoms with E-state index in [1.165, 1.54) is 0 Å². The van der Waals surface area contributed by atoms with Crippen LogP contribution in [0.3, 0.4) is 0 Å². The van der Waals surface area contributed by atoms with Gasteiger partial charge in [-0.1, -0.05) is 34.4 Å². The van der Waals surface area contributed by atoms with Crippen LogP contribution < -0.4 is 9.47 Å². The van der Waals surface area contributed by atoms with E-state index in [1.807, 2.05) is 25.1 Å². The molecule has 0 atom stereocenters. The fraction of sp³-hybridized carbons (Fsp3) is 0.455. The Morgan fingerprint density at radius 3 is 2.43 bits per heavy atom. The Morgan fingerprint density at radius 2 is 1.77 bits per heavy atom. The van der Waals surface area contributed by atoms with Crippen LogP contribution in [0.15, 0.2) is 41.2 Å². The van der Waals surface area contributed by atoms with Crippen LogP contribution in [-0.4, -0.2) is 45.0 Å². The minimum Gasteiger partial charge on any atom is -0.493 e. The van der Waals surface area contributed by atoms with Gasteiger partial charge >= 0.3 is 5.97 Å². The van der Waals surface area contributed by atoms with Crippen LogP contribution in [0.25, 0.3) is 22.0 Å². The first-order valence-corrected chi connectivity index (χ1v) is 15.9. The molecule has 4 saturated carbocycles. The number of pyridine rings is 2. The molecule has 8 rings (SSSR count). The van der Waals surface area contributed by atoms with E-state index in [2.05, 4.69) is 15.1 Å². The van der Waals surface area contributed by atoms with E-state index in [9.17, 15) is 9.90 Å². The van der Waals surface area contributed by atoms with E-state index in [1.54, 1.807) is 18.5 Å². The Balaban J connectivity index is 1.03. The first kappa shape index (κ1) is 29.3. The molecule has 4 aliphatic carbocycles. The van der Waals surface area contributed by atoms with Gasteiger partial charge < -0.3 is 23.8 Å². The molecule has 230 valence electrons. The Bertz CT molecular complexity index is 1690. The van der Waals surface area contributed by atoms with Crippen molar-refractivity contribution in [2.24, 2.45) is 5.41 Å². The molecule has 0 spiro atoms. The Hall–Kier alpha value is -3.40. The van der Waals surface area contributed by atoms with Crippen LogP contribution in [0, 0.1) is 5.41 Å². The van der Waals surface area contributed by atoms with Crippen LogP contribution in [0.2, 0.25) is 10.0 Å². The zero-order chi connectivity index (χ0) is 30.5. The molecule has 3 aromatic heterocycles. The molecule has 0 amide bonds. The Morgan fingerprint density at radius 1 is 1.05 bits per heavy atom. The molecule has 4 aromatic rings. The van der Waals surface area contributed by atoms with Crippen molar-refractivity contribution >= 4 is 39.9 Å². The number of nitrogens with zero attached hydrogens (tertiary/aromatic N) is 3. The van der Waals surface area contributed by atoms with Crippen molar-refractivity contribution in [3.8, 4) is 22.9 Å². The predicted octanol–water partition coefficient (Wildman–Crippen LogP) is 8.25. The smallest absolute Gasteiger partial charge is 0.354 e. The van der Waals surface area contributed by atoms with Crippen molar-refractivity contribution in [1.82, 2.24) is 15.1 Å². The first-order valence-electron chi connectivity index (χ1n) is 15.1. The van der Waals surface area contributed by atoms with Crippen molar-refractivity contribution in [3.05, 3.63) is 63.7 Å². The number of carboxylic acid groups (broad SMARTS) is 1. The molecule has 9 nitrogen and oxygen atoms in total. The number of rotatable bonds is 11. The molecule has 1 N–H and O–H groups in total. The molecular weight excluding hydrogens is 605 g/mol. The van der Waals surface area contributed by atoms with Gasteiger partial charge in [-0.25, -0.2) is 9.78 Å². The van der Waals surface area contributed by atoms with Gasteiger partial charge in [0.15, 0.2) is 5.69 Å². The van der Waals surface area contributed by atoms with Gasteiger partial charge in [-0.05, 0) is 81.9 Å². The van der Waals surface area contributed by atoms with Gasteiger partial charge in [-0.3, -0.25) is 4.98 Å². The number of hydrogen-bond donors (Lipinski definition) is 1. The lowest BCUT2D eigenvalue weighted by Crippen LogP contribution is -2.49. The number of aromatic nitrogens is 3. The lowest BCUT2D eigenvalue weighted by Gasteiger charge is -2.52. The highest BCUT2D eigenvalue weighted by Crippen LogP contribution is 2.55. The normalized spacial score (nSPS) is 22.8. The third-order valence-corrected chi connectivity index (χ3v) is 10.1. The zero-order valence-electron chi connectivity index (χ0n) is 24.4. The van der Waals surface area contributed by atoms with Crippen molar-refractivity contribution < 1.29 is 28.6 Å². The molecular formula is C33H33Cl2N3O6. The Labute approximate surface area is 264 Å². The number of hydrogen-bond acceptors (Lipinski definition) is 8. The van der Waals surface area contributed by atoms with E-state index >= 15 is 0 Å². The van der Waals surface area contributed by atoms with Crippen molar-refractivity contribution in [3.63, 3.8) is 0 Å². The lowest BCUT2D eigenvalue weighted by molar-refractivity contribution is -0.150. The molecule has 0 unspecified atom stereocenters. The summed E-state index contributed by atoms with van der Waals surface area (Å²) in [5.41, 5.74) is 2.08. The third kappa shape index (κ3) is 5.50. The minimum atomic E-state index is -1.09. The molecule has 3 heterocycles. The summed E-state index contributed by atoms with van der Waals surface area (Å²) in [5, 5.41) is 16.2. The SMILES string of the molecule is CCOc1nc(C(=O)O)cc2ccc(OCC34CCC(OCc5c(-c6c(Cl)cncc6Cl)noc5C5CC5)(CC3)CC4)cc12. The summed E-state index contributed by atoms with van der Waals surface area (Å²) in [6.45, 7) is 3.24. The second kappa shape index (κ2) is 11.5. The summed E-state index contributed by atoms with van der Waals surface area (Å²) in [7, 11) is 0. The maximum Gasteiger partial charge on any atom is 0.354 e. The maximum atomic E-state index is 11.5. The second-order valence-corrected chi connectivity index (χ2v) is 13.1. The van der Waals surface area contributed by atoms with Gasteiger partial charge in [0, 0.05) is 40.2 Å². The number of carbonyl (C=O) groups is 1. The monoisotopic (exact) mass is 637 g/mol. The zero-order valence-corrected chi connectivity index (χ0v) is 25.9. The van der Waals surface area contributed by atoms with Gasteiger partial charge in [0.2, 0.25) is 5.88 Å². The van der Waals surface area contributed by atoms with Crippen molar-refractivity contribution in [1.29, 1.82) is 0 Å². The van der Waals surface area contributed by atoms with Gasteiger partial charge in [0.05, 0.1) is 35.5 Å². The number of halogens is 2. The van der Waals surface area contributed by atoms with E-state index in [0.717, 1.165) is 79.2 Å². The highest BCUT2D eigenvalue weighted by molar-refractivity contribution is 6.38. The van der Waals surface area contributed by atoms with E-state index in [4.69, 9.17) is 41.9 Å². The lowest BCUT2D eigenvalue weighted by atomic mass is 9.59. The number of benzene rings is 1. The number of ether oxygens (including phenoxy) is 3. The van der Waals surface area contributed by atoms with Gasteiger partial charge in [-0.2, -0.15) is 0 Å². The fourth-order valence-electron chi connectivity index (χ4n) is 6.73. The van der Waals surface area contributed by atoms with Crippen LogP contribution in [0.5, 0.6) is 11.6 Å². The molecule has 0 saturated heterocycles. The molecule has 2 bridgehead atoms. The average molecular weight is 639 g/mol.